The molecule has 0 saturated carbocycles. The number of nitrogens with zero attached hydrogens (tertiary/aromatic N) is 2. The highest BCUT2D eigenvalue weighted by molar-refractivity contribution is 7.98. The lowest BCUT2D eigenvalue weighted by Crippen LogP contribution is -2.43. The average molecular weight is 470 g/mol. The Morgan fingerprint density at radius 1 is 1.00 bits per heavy atom. The first-order valence-electron chi connectivity index (χ1n) is 10.6. The summed E-state index contributed by atoms with van der Waals surface area (Å²) in [5.74, 6) is -1.49. The minimum absolute atomic E-state index is 0.0289. The third-order valence-electron chi connectivity index (χ3n) is 5.32. The Kier molecular flexibility index (Phi) is 8.42. The van der Waals surface area contributed by atoms with Crippen LogP contribution in [0.15, 0.2) is 47.6 Å². The Morgan fingerprint density at radius 3 is 2.24 bits per heavy atom. The first kappa shape index (κ1) is 24.2. The number of nitrogens with one attached hydrogen (secondary N) is 3. The molecule has 1 aliphatic rings. The second-order valence-electron chi connectivity index (χ2n) is 7.72. The number of piperidine rings is 1. The van der Waals surface area contributed by atoms with Gasteiger partial charge in [0, 0.05) is 44.1 Å². The van der Waals surface area contributed by atoms with Crippen molar-refractivity contribution in [2.75, 3.05) is 36.5 Å². The fourth-order valence-corrected chi connectivity index (χ4v) is 4.11. The van der Waals surface area contributed by atoms with E-state index in [4.69, 9.17) is 0 Å². The van der Waals surface area contributed by atoms with Crippen LogP contribution in [0.4, 0.5) is 11.4 Å². The van der Waals surface area contributed by atoms with Gasteiger partial charge in [-0.2, -0.15) is 0 Å². The van der Waals surface area contributed by atoms with E-state index in [0.29, 0.717) is 41.6 Å². The molecule has 2 heterocycles. The van der Waals surface area contributed by atoms with Crippen molar-refractivity contribution in [1.29, 1.82) is 0 Å². The number of aromatic nitrogens is 1. The summed E-state index contributed by atoms with van der Waals surface area (Å²) in [7, 11) is 0. The Labute approximate surface area is 196 Å². The molecule has 0 aliphatic carbocycles. The molecule has 3 rings (SSSR count). The normalized spacial score (nSPS) is 13.8. The van der Waals surface area contributed by atoms with Crippen molar-refractivity contribution >= 4 is 46.8 Å². The van der Waals surface area contributed by atoms with Crippen molar-refractivity contribution in [3.63, 3.8) is 0 Å². The van der Waals surface area contributed by atoms with Gasteiger partial charge < -0.3 is 20.9 Å². The van der Waals surface area contributed by atoms with E-state index in [9.17, 15) is 19.2 Å². The van der Waals surface area contributed by atoms with Crippen LogP contribution in [-0.2, 0) is 14.4 Å². The average Bonchev–Trinajstić information content (AvgIpc) is 2.83. The maximum absolute atomic E-state index is 12.8. The van der Waals surface area contributed by atoms with Gasteiger partial charge >= 0.3 is 11.8 Å². The molecule has 1 saturated heterocycles. The van der Waals surface area contributed by atoms with E-state index in [1.54, 1.807) is 42.6 Å². The number of pyridine rings is 1. The Hall–Kier alpha value is -3.40. The number of rotatable bonds is 6. The zero-order valence-electron chi connectivity index (χ0n) is 18.6. The molecule has 2 aromatic rings. The standard InChI is InChI=1S/C23H27N5O4S/c1-15(29)26-17-5-7-18(8-6-17)27-21(31)20(30)25-14-16-9-12-28(13-10-16)23(32)19-4-3-11-24-22(19)33-2/h3-8,11,16H,9-10,12-14H2,1-2H3,(H,25,30)(H,26,29)(H,27,31). The lowest BCUT2D eigenvalue weighted by molar-refractivity contribution is -0.136. The zero-order valence-corrected chi connectivity index (χ0v) is 19.4. The fraction of sp³-hybridized carbons (Fsp3) is 0.348. The number of hydrogen-bond donors (Lipinski definition) is 3. The summed E-state index contributed by atoms with van der Waals surface area (Å²) in [5, 5.41) is 8.56. The number of carbonyl (C=O) groups excluding carboxylic acids is 4. The predicted molar refractivity (Wildman–Crippen MR) is 127 cm³/mol. The SMILES string of the molecule is CSc1ncccc1C(=O)N1CCC(CNC(=O)C(=O)Nc2ccc(NC(C)=O)cc2)CC1. The predicted octanol–water partition coefficient (Wildman–Crippen LogP) is 2.37. The lowest BCUT2D eigenvalue weighted by Gasteiger charge is -2.32. The summed E-state index contributed by atoms with van der Waals surface area (Å²) in [4.78, 5) is 54.3. The summed E-state index contributed by atoms with van der Waals surface area (Å²) >= 11 is 1.45. The number of amides is 4. The summed E-state index contributed by atoms with van der Waals surface area (Å²) in [6.07, 6.45) is 5.06. The van der Waals surface area contributed by atoms with Crippen LogP contribution in [0.1, 0.15) is 30.1 Å². The number of likely N-dealkylation sites (tertiary alicyclic amines) is 1. The molecule has 10 heteroatoms. The maximum atomic E-state index is 12.8. The molecule has 1 fully saturated rings. The first-order valence-corrected chi connectivity index (χ1v) is 11.8. The fourth-order valence-electron chi connectivity index (χ4n) is 3.57. The van der Waals surface area contributed by atoms with Crippen molar-refractivity contribution in [1.82, 2.24) is 15.2 Å². The molecular formula is C23H27N5O4S. The molecule has 0 bridgehead atoms. The van der Waals surface area contributed by atoms with Gasteiger partial charge in [-0.3, -0.25) is 19.2 Å². The van der Waals surface area contributed by atoms with Gasteiger partial charge in [-0.25, -0.2) is 4.98 Å². The van der Waals surface area contributed by atoms with Gasteiger partial charge in [0.15, 0.2) is 0 Å². The number of carbonyl (C=O) groups is 4. The second kappa shape index (κ2) is 11.5. The molecule has 0 unspecified atom stereocenters. The van der Waals surface area contributed by atoms with Crippen molar-refractivity contribution in [2.45, 2.75) is 24.8 Å². The van der Waals surface area contributed by atoms with Gasteiger partial charge in [-0.15, -0.1) is 11.8 Å². The van der Waals surface area contributed by atoms with Crippen LogP contribution >= 0.6 is 11.8 Å². The molecule has 3 N–H and O–H groups in total. The Bertz CT molecular complexity index is 1020. The summed E-state index contributed by atoms with van der Waals surface area (Å²) in [5.41, 5.74) is 1.66. The zero-order chi connectivity index (χ0) is 23.8. The van der Waals surface area contributed by atoms with Gasteiger partial charge in [-0.05, 0) is 61.4 Å². The summed E-state index contributed by atoms with van der Waals surface area (Å²) in [6, 6.07) is 10.0. The molecule has 0 atom stereocenters. The Morgan fingerprint density at radius 2 is 1.64 bits per heavy atom. The Balaban J connectivity index is 1.42. The van der Waals surface area contributed by atoms with E-state index in [-0.39, 0.29) is 17.7 Å². The number of thioether (sulfide) groups is 1. The molecule has 0 radical (unpaired) electrons. The molecule has 9 nitrogen and oxygen atoms in total. The molecule has 1 aromatic heterocycles. The van der Waals surface area contributed by atoms with Crippen LogP contribution in [0.3, 0.4) is 0 Å². The minimum Gasteiger partial charge on any atom is -0.348 e. The van der Waals surface area contributed by atoms with Crippen LogP contribution < -0.4 is 16.0 Å². The molecule has 1 aliphatic heterocycles. The molecule has 33 heavy (non-hydrogen) atoms. The topological polar surface area (TPSA) is 120 Å². The van der Waals surface area contributed by atoms with E-state index in [1.807, 2.05) is 11.2 Å². The number of anilines is 2. The maximum Gasteiger partial charge on any atom is 0.313 e. The molecular weight excluding hydrogens is 442 g/mol. The third-order valence-corrected chi connectivity index (χ3v) is 6.03. The highest BCUT2D eigenvalue weighted by Crippen LogP contribution is 2.22. The molecule has 0 spiro atoms. The highest BCUT2D eigenvalue weighted by Gasteiger charge is 2.26. The second-order valence-corrected chi connectivity index (χ2v) is 8.51. The highest BCUT2D eigenvalue weighted by atomic mass is 32.2. The van der Waals surface area contributed by atoms with Gasteiger partial charge in [0.1, 0.15) is 5.03 Å². The van der Waals surface area contributed by atoms with E-state index in [2.05, 4.69) is 20.9 Å². The largest absolute Gasteiger partial charge is 0.348 e. The monoisotopic (exact) mass is 469 g/mol. The van der Waals surface area contributed by atoms with Crippen molar-refractivity contribution in [3.8, 4) is 0 Å². The van der Waals surface area contributed by atoms with E-state index < -0.39 is 11.8 Å². The van der Waals surface area contributed by atoms with Crippen LogP contribution in [0.5, 0.6) is 0 Å². The quantitative estimate of drug-likeness (QED) is 0.441. The first-order chi connectivity index (χ1) is 15.9. The van der Waals surface area contributed by atoms with Crippen LogP contribution in [-0.4, -0.2) is 59.4 Å². The van der Waals surface area contributed by atoms with E-state index in [0.717, 1.165) is 12.8 Å². The van der Waals surface area contributed by atoms with Gasteiger partial charge in [-0.1, -0.05) is 0 Å². The van der Waals surface area contributed by atoms with Crippen LogP contribution in [0.25, 0.3) is 0 Å². The lowest BCUT2D eigenvalue weighted by atomic mass is 9.96. The molecule has 1 aromatic carbocycles. The van der Waals surface area contributed by atoms with Gasteiger partial charge in [0.2, 0.25) is 5.91 Å². The smallest absolute Gasteiger partial charge is 0.313 e. The minimum atomic E-state index is -0.754. The van der Waals surface area contributed by atoms with Crippen LogP contribution in [0, 0.1) is 5.92 Å². The van der Waals surface area contributed by atoms with Crippen molar-refractivity contribution < 1.29 is 19.2 Å². The summed E-state index contributed by atoms with van der Waals surface area (Å²) < 4.78 is 0. The van der Waals surface area contributed by atoms with Crippen molar-refractivity contribution in [2.24, 2.45) is 5.92 Å². The molecule has 174 valence electrons. The van der Waals surface area contributed by atoms with Crippen LogP contribution in [0.2, 0.25) is 0 Å². The van der Waals surface area contributed by atoms with Gasteiger partial charge in [0.25, 0.3) is 5.91 Å². The number of benzene rings is 1. The van der Waals surface area contributed by atoms with Gasteiger partial charge in [0.05, 0.1) is 5.56 Å². The van der Waals surface area contributed by atoms with E-state index in [1.165, 1.54) is 18.7 Å². The summed E-state index contributed by atoms with van der Waals surface area (Å²) in [6.45, 7) is 2.96. The molecule has 4 amide bonds. The number of hydrogen-bond acceptors (Lipinski definition) is 6. The van der Waals surface area contributed by atoms with Crippen molar-refractivity contribution in [3.05, 3.63) is 48.2 Å². The van der Waals surface area contributed by atoms with E-state index >= 15 is 0 Å². The third kappa shape index (κ3) is 6.79.